The number of aryl methyl sites for hydroxylation is 1. The number of thioether (sulfide) groups is 1. The van der Waals surface area contributed by atoms with E-state index in [-0.39, 0.29) is 0 Å². The molecule has 4 N–H and O–H groups in total. The molecule has 1 heterocycles. The fourth-order valence-electron chi connectivity index (χ4n) is 4.03. The normalized spacial score (nSPS) is 30.6. The average molecular weight is 472 g/mol. The molecule has 2 aliphatic rings. The van der Waals surface area contributed by atoms with Crippen molar-refractivity contribution in [1.29, 1.82) is 0 Å². The van der Waals surface area contributed by atoms with Gasteiger partial charge < -0.3 is 20.1 Å². The van der Waals surface area contributed by atoms with Crippen molar-refractivity contribution in [2.24, 2.45) is 0 Å². The number of ether oxygens (including phenoxy) is 1. The van der Waals surface area contributed by atoms with Crippen molar-refractivity contribution in [3.63, 3.8) is 0 Å². The number of benzene rings is 1. The van der Waals surface area contributed by atoms with Crippen molar-refractivity contribution in [3.05, 3.63) is 47.4 Å². The number of hydrogen-bond donors (Lipinski definition) is 4. The first-order chi connectivity index (χ1) is 14.9. The second kappa shape index (κ2) is 11.8. The maximum atomic E-state index is 12.6. The van der Waals surface area contributed by atoms with E-state index in [4.69, 9.17) is 4.74 Å². The van der Waals surface area contributed by atoms with Gasteiger partial charge in [0.25, 0.3) is 0 Å². The van der Waals surface area contributed by atoms with Gasteiger partial charge in [0.2, 0.25) is 10.0 Å². The number of rotatable bonds is 9. The lowest BCUT2D eigenvalue weighted by atomic mass is 9.99. The molecule has 7 nitrogen and oxygen atoms in total. The Bertz CT molecular complexity index is 797. The first kappa shape index (κ1) is 24.7. The maximum Gasteiger partial charge on any atom is 0.233 e. The lowest BCUT2D eigenvalue weighted by Gasteiger charge is -2.43. The minimum absolute atomic E-state index is 0.300. The summed E-state index contributed by atoms with van der Waals surface area (Å²) in [5.74, 6) is 0. The van der Waals surface area contributed by atoms with Crippen LogP contribution in [0.1, 0.15) is 44.1 Å². The summed E-state index contributed by atoms with van der Waals surface area (Å²) in [6.45, 7) is -0.446. The molecule has 0 unspecified atom stereocenters. The minimum Gasteiger partial charge on any atom is -0.394 e. The molecular formula is C22H33NO6S2. The van der Waals surface area contributed by atoms with Gasteiger partial charge in [-0.05, 0) is 31.2 Å². The summed E-state index contributed by atoms with van der Waals surface area (Å²) in [6.07, 6.45) is 4.59. The molecule has 0 amide bonds. The van der Waals surface area contributed by atoms with Crippen molar-refractivity contribution in [1.82, 2.24) is 4.72 Å². The highest BCUT2D eigenvalue weighted by atomic mass is 32.2. The monoisotopic (exact) mass is 471 g/mol. The topological polar surface area (TPSA) is 116 Å². The van der Waals surface area contributed by atoms with E-state index in [1.807, 2.05) is 30.3 Å². The predicted octanol–water partition coefficient (Wildman–Crippen LogP) is 1.93. The van der Waals surface area contributed by atoms with E-state index in [1.165, 1.54) is 18.2 Å². The van der Waals surface area contributed by atoms with Crippen LogP contribution in [-0.2, 0) is 21.2 Å². The van der Waals surface area contributed by atoms with Gasteiger partial charge >= 0.3 is 0 Å². The Morgan fingerprint density at radius 2 is 1.81 bits per heavy atom. The molecule has 1 aliphatic heterocycles. The first-order valence-corrected chi connectivity index (χ1v) is 13.4. The van der Waals surface area contributed by atoms with E-state index in [0.29, 0.717) is 11.7 Å². The Morgan fingerprint density at radius 1 is 1.10 bits per heavy atom. The Labute approximate surface area is 188 Å². The van der Waals surface area contributed by atoms with E-state index in [1.54, 1.807) is 6.08 Å². The van der Waals surface area contributed by atoms with Crippen molar-refractivity contribution < 1.29 is 28.5 Å². The molecule has 0 spiro atoms. The summed E-state index contributed by atoms with van der Waals surface area (Å²) < 4.78 is 33.6. The van der Waals surface area contributed by atoms with Gasteiger partial charge in [-0.1, -0.05) is 55.7 Å². The summed E-state index contributed by atoms with van der Waals surface area (Å²) in [7, 11) is -3.85. The average Bonchev–Trinajstić information content (AvgIpc) is 2.78. The van der Waals surface area contributed by atoms with Crippen LogP contribution in [0.4, 0.5) is 0 Å². The van der Waals surface area contributed by atoms with Crippen LogP contribution >= 0.6 is 11.8 Å². The van der Waals surface area contributed by atoms with Crippen LogP contribution in [0, 0.1) is 0 Å². The molecule has 1 aliphatic carbocycles. The van der Waals surface area contributed by atoms with Crippen LogP contribution in [0.25, 0.3) is 0 Å². The van der Waals surface area contributed by atoms with E-state index >= 15 is 0 Å². The Hall–Kier alpha value is -0.940. The molecular weight excluding hydrogens is 438 g/mol. The van der Waals surface area contributed by atoms with Crippen LogP contribution in [-0.4, -0.2) is 65.4 Å². The van der Waals surface area contributed by atoms with Crippen molar-refractivity contribution in [3.8, 4) is 0 Å². The lowest BCUT2D eigenvalue weighted by Crippen LogP contribution is -2.63. The summed E-state index contributed by atoms with van der Waals surface area (Å²) in [5, 5.41) is 31.8. The zero-order valence-corrected chi connectivity index (χ0v) is 19.2. The fraction of sp³-hybridized carbons (Fsp3) is 0.636. The van der Waals surface area contributed by atoms with Gasteiger partial charge in [0, 0.05) is 10.7 Å². The number of nitrogens with one attached hydrogen (secondary N) is 1. The predicted molar refractivity (Wildman–Crippen MR) is 122 cm³/mol. The van der Waals surface area contributed by atoms with Crippen LogP contribution in [0.3, 0.4) is 0 Å². The van der Waals surface area contributed by atoms with E-state index in [9.17, 15) is 23.7 Å². The highest BCUT2D eigenvalue weighted by molar-refractivity contribution is 8.00. The number of aliphatic hydroxyl groups excluding tert-OH is 3. The second-order valence-corrected chi connectivity index (χ2v) is 11.2. The lowest BCUT2D eigenvalue weighted by molar-refractivity contribution is -0.168. The van der Waals surface area contributed by atoms with Crippen LogP contribution < -0.4 is 4.72 Å². The summed E-state index contributed by atoms with van der Waals surface area (Å²) in [6, 6.07) is 8.79. The SMILES string of the molecule is O=S(=O)(/C=C/CCc1ccccc1)N[C@@H]1[C@@H](O)[C@H](O)[C@@H](CO)O[C@@H]1SC1CCCCC1. The molecule has 0 aromatic heterocycles. The summed E-state index contributed by atoms with van der Waals surface area (Å²) in [4.78, 5) is 0. The Kier molecular flexibility index (Phi) is 9.39. The molecule has 3 rings (SSSR count). The van der Waals surface area contributed by atoms with E-state index in [2.05, 4.69) is 4.72 Å². The van der Waals surface area contributed by atoms with Crippen LogP contribution in [0.5, 0.6) is 0 Å². The Balaban J connectivity index is 1.64. The van der Waals surface area contributed by atoms with Gasteiger partial charge in [-0.25, -0.2) is 13.1 Å². The molecule has 0 radical (unpaired) electrons. The molecule has 9 heteroatoms. The fourth-order valence-corrected chi connectivity index (χ4v) is 6.82. The zero-order valence-electron chi connectivity index (χ0n) is 17.5. The van der Waals surface area contributed by atoms with Crippen LogP contribution in [0.2, 0.25) is 0 Å². The standard InChI is InChI=1S/C22H33NO6S2/c24-15-18-20(25)21(26)19(22(29-18)30-17-12-5-2-6-13-17)23-31(27,28)14-8-7-11-16-9-3-1-4-10-16/h1,3-4,8-10,14,17-26H,2,5-7,11-13,15H2/b14-8+/t18-,19-,20-,21-,22-/m1/s1. The second-order valence-electron chi connectivity index (χ2n) is 8.19. The summed E-state index contributed by atoms with van der Waals surface area (Å²) >= 11 is 1.49. The van der Waals surface area contributed by atoms with Gasteiger partial charge in [-0.15, -0.1) is 11.8 Å². The first-order valence-electron chi connectivity index (χ1n) is 10.9. The smallest absolute Gasteiger partial charge is 0.233 e. The molecule has 0 bridgehead atoms. The third kappa shape index (κ3) is 7.28. The number of aliphatic hydroxyl groups is 3. The number of hydrogen-bond acceptors (Lipinski definition) is 7. The summed E-state index contributed by atoms with van der Waals surface area (Å²) in [5.41, 5.74) is 0.432. The van der Waals surface area contributed by atoms with E-state index in [0.717, 1.165) is 43.1 Å². The minimum atomic E-state index is -3.85. The molecule has 1 saturated heterocycles. The largest absolute Gasteiger partial charge is 0.394 e. The molecule has 31 heavy (non-hydrogen) atoms. The molecule has 1 saturated carbocycles. The highest BCUT2D eigenvalue weighted by Crippen LogP contribution is 2.37. The third-order valence-electron chi connectivity index (χ3n) is 5.78. The van der Waals surface area contributed by atoms with Gasteiger partial charge in [0.15, 0.2) is 0 Å². The van der Waals surface area contributed by atoms with Crippen molar-refractivity contribution in [2.45, 2.75) is 80.0 Å². The van der Waals surface area contributed by atoms with Gasteiger partial charge in [-0.2, -0.15) is 0 Å². The van der Waals surface area contributed by atoms with Gasteiger partial charge in [0.05, 0.1) is 12.6 Å². The Morgan fingerprint density at radius 3 is 2.48 bits per heavy atom. The molecule has 5 atom stereocenters. The van der Waals surface area contributed by atoms with Gasteiger partial charge in [0.1, 0.15) is 23.7 Å². The van der Waals surface area contributed by atoms with Gasteiger partial charge in [-0.3, -0.25) is 0 Å². The molecule has 1 aromatic rings. The highest BCUT2D eigenvalue weighted by Gasteiger charge is 2.46. The molecule has 2 fully saturated rings. The van der Waals surface area contributed by atoms with Crippen molar-refractivity contribution >= 4 is 21.8 Å². The number of sulfonamides is 1. The van der Waals surface area contributed by atoms with Crippen molar-refractivity contribution in [2.75, 3.05) is 6.61 Å². The van der Waals surface area contributed by atoms with E-state index < -0.39 is 46.4 Å². The van der Waals surface area contributed by atoms with Crippen LogP contribution in [0.15, 0.2) is 41.8 Å². The third-order valence-corrected chi connectivity index (χ3v) is 8.46. The quantitative estimate of drug-likeness (QED) is 0.435. The zero-order chi connectivity index (χ0) is 22.3. The number of allylic oxidation sites excluding steroid dienone is 1. The molecule has 174 valence electrons. The molecule has 1 aromatic carbocycles. The maximum absolute atomic E-state index is 12.6.